The number of hydrogen-bond donors (Lipinski definition) is 2. The van der Waals surface area contributed by atoms with Gasteiger partial charge in [0.2, 0.25) is 5.91 Å². The van der Waals surface area contributed by atoms with Crippen LogP contribution >= 0.6 is 0 Å². The first-order valence-electron chi connectivity index (χ1n) is 15.2. The molecule has 2 aromatic rings. The van der Waals surface area contributed by atoms with Gasteiger partial charge in [0.15, 0.2) is 0 Å². The smallest absolute Gasteiger partial charge is 0.410 e. The average molecular weight is 606 g/mol. The number of fused-ring (bicyclic) bond motifs is 1. The highest BCUT2D eigenvalue weighted by atomic mass is 16.6. The van der Waals surface area contributed by atoms with Crippen molar-refractivity contribution in [3.8, 4) is 0 Å². The predicted octanol–water partition coefficient (Wildman–Crippen LogP) is 3.95. The summed E-state index contributed by atoms with van der Waals surface area (Å²) in [7, 11) is 4.01. The van der Waals surface area contributed by atoms with Gasteiger partial charge in [-0.15, -0.1) is 0 Å². The standard InChI is InChI=1S/C32H43N7O5/c1-20-10-11-26(28(40)34-20)39-29(41)23-8-7-9-25(27(23)30(39)42)35-24(14-15-36(5)6)21-18-33-38(19-21)22-12-16-37(17-13-22)31(43)44-32(2,3)4/h7-9,18-19,22,24,26,35H,1,10-17H2,2-6H3,(H,34,40). The van der Waals surface area contributed by atoms with Crippen LogP contribution in [0.15, 0.2) is 42.9 Å². The molecule has 236 valence electrons. The number of likely N-dealkylation sites (tertiary alicyclic amines) is 1. The summed E-state index contributed by atoms with van der Waals surface area (Å²) in [6, 6.07) is 4.27. The minimum Gasteiger partial charge on any atom is -0.444 e. The van der Waals surface area contributed by atoms with E-state index in [1.807, 2.05) is 51.9 Å². The number of piperidine rings is 2. The largest absolute Gasteiger partial charge is 0.444 e. The molecule has 4 heterocycles. The van der Waals surface area contributed by atoms with Crippen LogP contribution in [0.5, 0.6) is 0 Å². The van der Waals surface area contributed by atoms with E-state index in [9.17, 15) is 19.2 Å². The molecule has 44 heavy (non-hydrogen) atoms. The predicted molar refractivity (Wildman–Crippen MR) is 165 cm³/mol. The topological polar surface area (TPSA) is 129 Å². The maximum absolute atomic E-state index is 13.7. The van der Waals surface area contributed by atoms with Crippen molar-refractivity contribution < 1.29 is 23.9 Å². The first-order valence-corrected chi connectivity index (χ1v) is 15.2. The number of carbonyl (C=O) groups is 4. The summed E-state index contributed by atoms with van der Waals surface area (Å²) in [5, 5.41) is 10.9. The van der Waals surface area contributed by atoms with Gasteiger partial charge in [0, 0.05) is 36.2 Å². The average Bonchev–Trinajstić information content (AvgIpc) is 3.54. The van der Waals surface area contributed by atoms with E-state index in [-0.39, 0.29) is 29.3 Å². The number of imide groups is 1. The van der Waals surface area contributed by atoms with E-state index in [1.54, 1.807) is 23.1 Å². The molecule has 2 saturated heterocycles. The quantitative estimate of drug-likeness (QED) is 0.433. The van der Waals surface area contributed by atoms with Gasteiger partial charge in [-0.1, -0.05) is 12.6 Å². The van der Waals surface area contributed by atoms with Crippen molar-refractivity contribution in [3.05, 3.63) is 59.6 Å². The number of nitrogens with one attached hydrogen (secondary N) is 2. The number of carbonyl (C=O) groups excluding carboxylic acids is 4. The van der Waals surface area contributed by atoms with Crippen LogP contribution in [0.2, 0.25) is 0 Å². The van der Waals surface area contributed by atoms with Gasteiger partial charge in [-0.25, -0.2) is 4.79 Å². The summed E-state index contributed by atoms with van der Waals surface area (Å²) in [6.45, 7) is 11.4. The van der Waals surface area contributed by atoms with E-state index in [2.05, 4.69) is 22.1 Å². The summed E-state index contributed by atoms with van der Waals surface area (Å²) in [4.78, 5) is 57.2. The third-order valence-electron chi connectivity index (χ3n) is 8.29. The minimum absolute atomic E-state index is 0.142. The second kappa shape index (κ2) is 12.4. The zero-order valence-corrected chi connectivity index (χ0v) is 26.3. The Morgan fingerprint density at radius 3 is 2.55 bits per heavy atom. The molecule has 0 spiro atoms. The molecule has 3 aliphatic heterocycles. The monoisotopic (exact) mass is 605 g/mol. The summed E-state index contributed by atoms with van der Waals surface area (Å²) in [5.41, 5.74) is 2.13. The Hall–Kier alpha value is -4.19. The van der Waals surface area contributed by atoms with Gasteiger partial charge in [-0.2, -0.15) is 5.10 Å². The number of amides is 4. The molecule has 0 saturated carbocycles. The van der Waals surface area contributed by atoms with Crippen LogP contribution in [0.1, 0.15) is 91.2 Å². The molecule has 1 aromatic carbocycles. The van der Waals surface area contributed by atoms with Crippen molar-refractivity contribution in [2.45, 2.75) is 76.6 Å². The first kappa shape index (κ1) is 31.2. The fourth-order valence-electron chi connectivity index (χ4n) is 5.98. The molecule has 12 heteroatoms. The number of benzene rings is 1. The molecule has 0 radical (unpaired) electrons. The van der Waals surface area contributed by atoms with Gasteiger partial charge in [-0.05, 0) is 85.6 Å². The summed E-state index contributed by atoms with van der Waals surface area (Å²) >= 11 is 0. The lowest BCUT2D eigenvalue weighted by atomic mass is 10.0. The summed E-state index contributed by atoms with van der Waals surface area (Å²) < 4.78 is 7.50. The molecule has 1 aromatic heterocycles. The highest BCUT2D eigenvalue weighted by Gasteiger charge is 2.45. The molecule has 3 aliphatic rings. The van der Waals surface area contributed by atoms with Crippen LogP contribution in [0.3, 0.4) is 0 Å². The van der Waals surface area contributed by atoms with Gasteiger partial charge in [-0.3, -0.25) is 24.0 Å². The molecular formula is C32H43N7O5. The van der Waals surface area contributed by atoms with Crippen molar-refractivity contribution in [3.63, 3.8) is 0 Å². The van der Waals surface area contributed by atoms with Crippen molar-refractivity contribution in [1.29, 1.82) is 0 Å². The Morgan fingerprint density at radius 1 is 1.16 bits per heavy atom. The molecule has 5 rings (SSSR count). The molecule has 2 unspecified atom stereocenters. The number of anilines is 1. The van der Waals surface area contributed by atoms with Crippen LogP contribution in [0.4, 0.5) is 10.5 Å². The molecule has 4 amide bonds. The normalized spacial score (nSPS) is 20.2. The molecule has 2 atom stereocenters. The van der Waals surface area contributed by atoms with E-state index in [4.69, 9.17) is 9.84 Å². The molecule has 2 fully saturated rings. The number of ether oxygens (including phenoxy) is 1. The number of aromatic nitrogens is 2. The number of allylic oxidation sites excluding steroid dienone is 1. The molecule has 0 bridgehead atoms. The SMILES string of the molecule is C=C1CCC(N2C(=O)c3cccc(NC(CCN(C)C)c4cnn(C5CCN(C(=O)OC(C)(C)C)CC5)c4)c3C2=O)C(=O)N1. The molecule has 0 aliphatic carbocycles. The third-order valence-corrected chi connectivity index (χ3v) is 8.29. The van der Waals surface area contributed by atoms with Crippen LogP contribution in [-0.4, -0.2) is 93.7 Å². The van der Waals surface area contributed by atoms with Crippen molar-refractivity contribution in [1.82, 2.24) is 29.8 Å². The maximum atomic E-state index is 13.7. The van der Waals surface area contributed by atoms with Crippen molar-refractivity contribution in [2.75, 3.05) is 39.0 Å². The highest BCUT2D eigenvalue weighted by Crippen LogP contribution is 2.35. The van der Waals surface area contributed by atoms with Gasteiger partial charge < -0.3 is 25.2 Å². The fourth-order valence-corrected chi connectivity index (χ4v) is 5.98. The Morgan fingerprint density at radius 2 is 1.89 bits per heavy atom. The summed E-state index contributed by atoms with van der Waals surface area (Å²) in [6.07, 6.45) is 6.68. The Bertz CT molecular complexity index is 1450. The minimum atomic E-state index is -0.870. The van der Waals surface area contributed by atoms with Crippen molar-refractivity contribution >= 4 is 29.5 Å². The lowest BCUT2D eigenvalue weighted by Gasteiger charge is -2.33. The van der Waals surface area contributed by atoms with E-state index >= 15 is 0 Å². The number of nitrogens with zero attached hydrogens (tertiary/aromatic N) is 5. The van der Waals surface area contributed by atoms with E-state index < -0.39 is 29.4 Å². The van der Waals surface area contributed by atoms with E-state index in [0.29, 0.717) is 37.3 Å². The zero-order valence-electron chi connectivity index (χ0n) is 26.3. The summed E-state index contributed by atoms with van der Waals surface area (Å²) in [5.74, 6) is -1.32. The second-order valence-corrected chi connectivity index (χ2v) is 13.1. The van der Waals surface area contributed by atoms with Crippen LogP contribution < -0.4 is 10.6 Å². The highest BCUT2D eigenvalue weighted by molar-refractivity contribution is 6.25. The Labute approximate surface area is 258 Å². The van der Waals surface area contributed by atoms with Crippen LogP contribution in [0, 0.1) is 0 Å². The van der Waals surface area contributed by atoms with Gasteiger partial charge in [0.05, 0.1) is 29.4 Å². The van der Waals surface area contributed by atoms with Gasteiger partial charge in [0.1, 0.15) is 11.6 Å². The maximum Gasteiger partial charge on any atom is 0.410 e. The first-order chi connectivity index (χ1) is 20.8. The zero-order chi connectivity index (χ0) is 31.8. The second-order valence-electron chi connectivity index (χ2n) is 13.1. The van der Waals surface area contributed by atoms with Crippen molar-refractivity contribution in [2.24, 2.45) is 0 Å². The molecular weight excluding hydrogens is 562 g/mol. The lowest BCUT2D eigenvalue weighted by molar-refractivity contribution is -0.125. The molecule has 2 N–H and O–H groups in total. The fraction of sp³-hybridized carbons (Fsp3) is 0.531. The lowest BCUT2D eigenvalue weighted by Crippen LogP contribution is -2.51. The van der Waals surface area contributed by atoms with Crippen LogP contribution in [-0.2, 0) is 9.53 Å². The number of hydrogen-bond acceptors (Lipinski definition) is 8. The molecule has 12 nitrogen and oxygen atoms in total. The van der Waals surface area contributed by atoms with Gasteiger partial charge in [0.25, 0.3) is 11.8 Å². The van der Waals surface area contributed by atoms with E-state index in [1.165, 1.54) is 0 Å². The van der Waals surface area contributed by atoms with E-state index in [0.717, 1.165) is 36.3 Å². The third kappa shape index (κ3) is 6.64. The van der Waals surface area contributed by atoms with Gasteiger partial charge >= 0.3 is 6.09 Å². The Balaban J connectivity index is 1.33. The Kier molecular flexibility index (Phi) is 8.83. The van der Waals surface area contributed by atoms with Crippen LogP contribution in [0.25, 0.3) is 0 Å². The number of rotatable bonds is 8.